The van der Waals surface area contributed by atoms with E-state index in [4.69, 9.17) is 18.9 Å². The molecule has 1 aliphatic carbocycles. The van der Waals surface area contributed by atoms with Gasteiger partial charge in [-0.2, -0.15) is 0 Å². The Hall–Kier alpha value is -4.01. The van der Waals surface area contributed by atoms with Gasteiger partial charge in [-0.05, 0) is 43.0 Å². The zero-order chi connectivity index (χ0) is 32.4. The summed E-state index contributed by atoms with van der Waals surface area (Å²) in [6.45, 7) is 6.05. The van der Waals surface area contributed by atoms with Crippen molar-refractivity contribution < 1.29 is 28.8 Å². The Morgan fingerprint density at radius 2 is 1.15 bits per heavy atom. The van der Waals surface area contributed by atoms with Crippen molar-refractivity contribution in [3.63, 3.8) is 0 Å². The van der Waals surface area contributed by atoms with E-state index in [-0.39, 0.29) is 13.2 Å². The third-order valence-corrected chi connectivity index (χ3v) is 8.27. The topological polar surface area (TPSA) is 86.3 Å². The van der Waals surface area contributed by atoms with Gasteiger partial charge in [0.15, 0.2) is 0 Å². The molecule has 242 valence electrons. The molecule has 0 bridgehead atoms. The van der Waals surface area contributed by atoms with Crippen LogP contribution in [0, 0.1) is 5.92 Å². The Balaban J connectivity index is 1.61. The molecule has 4 aromatic carbocycles. The average molecular weight is 624 g/mol. The van der Waals surface area contributed by atoms with Crippen molar-refractivity contribution >= 4 is 6.09 Å². The predicted octanol–water partition coefficient (Wildman–Crippen LogP) is 6.87. The van der Waals surface area contributed by atoms with Crippen molar-refractivity contribution in [1.29, 1.82) is 0 Å². The maximum atomic E-state index is 13.5. The number of aliphatic hydroxyl groups excluding tert-OH is 1. The standard InChI is InChI=1S/C39H45NO6/c1-38(2,3)46-37(42)40-35-33(25-41)34(43-26-30-18-10-5-11-19-30)36(44-27-31-20-12-6-13-21-31)39(35,24-29-16-8-4-9-17-29)45-28-32-22-14-7-15-23-32/h4-23,33-36,41H,24-28H2,1-3H3,(H,40,42)/t33-,34+,35-,36-,39+/m0/s1. The number of hydrogen-bond donors (Lipinski definition) is 2. The fraction of sp³-hybridized carbons (Fsp3) is 0.359. The van der Waals surface area contributed by atoms with Crippen molar-refractivity contribution in [2.24, 2.45) is 5.92 Å². The normalized spacial score (nSPS) is 22.8. The van der Waals surface area contributed by atoms with Gasteiger partial charge >= 0.3 is 6.09 Å². The lowest BCUT2D eigenvalue weighted by molar-refractivity contribution is -0.179. The van der Waals surface area contributed by atoms with Gasteiger partial charge in [0.1, 0.15) is 17.3 Å². The van der Waals surface area contributed by atoms with Crippen LogP contribution in [0.25, 0.3) is 0 Å². The van der Waals surface area contributed by atoms with Crippen LogP contribution < -0.4 is 5.32 Å². The number of carbonyl (C=O) groups excluding carboxylic acids is 1. The van der Waals surface area contributed by atoms with Crippen molar-refractivity contribution in [1.82, 2.24) is 5.32 Å². The van der Waals surface area contributed by atoms with E-state index < -0.39 is 41.5 Å². The second-order valence-corrected chi connectivity index (χ2v) is 12.8. The van der Waals surface area contributed by atoms with Gasteiger partial charge in [0, 0.05) is 12.3 Å². The van der Waals surface area contributed by atoms with Crippen molar-refractivity contribution in [3.8, 4) is 0 Å². The molecule has 0 radical (unpaired) electrons. The van der Waals surface area contributed by atoms with Crippen LogP contribution in [0.3, 0.4) is 0 Å². The van der Waals surface area contributed by atoms with Crippen LogP contribution in [-0.4, -0.2) is 47.3 Å². The minimum atomic E-state index is -1.16. The Morgan fingerprint density at radius 1 is 0.696 bits per heavy atom. The summed E-state index contributed by atoms with van der Waals surface area (Å²) in [4.78, 5) is 13.5. The van der Waals surface area contributed by atoms with Gasteiger partial charge in [0.25, 0.3) is 0 Å². The van der Waals surface area contributed by atoms with Crippen LogP contribution in [0.2, 0.25) is 0 Å². The summed E-state index contributed by atoms with van der Waals surface area (Å²) in [7, 11) is 0. The van der Waals surface area contributed by atoms with E-state index in [1.807, 2.05) is 142 Å². The summed E-state index contributed by atoms with van der Waals surface area (Å²) in [5, 5.41) is 14.2. The second-order valence-electron chi connectivity index (χ2n) is 12.8. The highest BCUT2D eigenvalue weighted by Gasteiger charge is 2.63. The quantitative estimate of drug-likeness (QED) is 0.169. The van der Waals surface area contributed by atoms with E-state index in [0.717, 1.165) is 22.3 Å². The van der Waals surface area contributed by atoms with E-state index in [0.29, 0.717) is 19.6 Å². The van der Waals surface area contributed by atoms with Crippen molar-refractivity contribution in [2.45, 2.75) is 76.5 Å². The van der Waals surface area contributed by atoms with Crippen LogP contribution in [0.1, 0.15) is 43.0 Å². The summed E-state index contributed by atoms with van der Waals surface area (Å²) < 4.78 is 26.4. The Morgan fingerprint density at radius 3 is 1.63 bits per heavy atom. The predicted molar refractivity (Wildman–Crippen MR) is 178 cm³/mol. The molecule has 0 saturated heterocycles. The lowest BCUT2D eigenvalue weighted by Crippen LogP contribution is -2.60. The molecule has 0 aliphatic heterocycles. The molecule has 1 saturated carbocycles. The van der Waals surface area contributed by atoms with Gasteiger partial charge in [-0.1, -0.05) is 121 Å². The summed E-state index contributed by atoms with van der Waals surface area (Å²) >= 11 is 0. The minimum absolute atomic E-state index is 0.259. The number of amides is 1. The van der Waals surface area contributed by atoms with E-state index >= 15 is 0 Å². The van der Waals surface area contributed by atoms with Gasteiger partial charge in [0.2, 0.25) is 0 Å². The lowest BCUT2D eigenvalue weighted by atomic mass is 9.85. The summed E-state index contributed by atoms with van der Waals surface area (Å²) in [6, 6.07) is 39.1. The molecule has 0 heterocycles. The first-order valence-electron chi connectivity index (χ1n) is 15.9. The molecule has 5 atom stereocenters. The fourth-order valence-electron chi connectivity index (χ4n) is 6.22. The number of hydrogen-bond acceptors (Lipinski definition) is 6. The van der Waals surface area contributed by atoms with Crippen LogP contribution in [0.5, 0.6) is 0 Å². The van der Waals surface area contributed by atoms with Gasteiger partial charge in [-0.3, -0.25) is 0 Å². The van der Waals surface area contributed by atoms with Gasteiger partial charge in [-0.15, -0.1) is 0 Å². The first-order valence-corrected chi connectivity index (χ1v) is 15.9. The fourth-order valence-corrected chi connectivity index (χ4v) is 6.22. The number of nitrogens with one attached hydrogen (secondary N) is 1. The molecule has 1 fully saturated rings. The lowest BCUT2D eigenvalue weighted by Gasteiger charge is -2.41. The first kappa shape index (κ1) is 33.4. The summed E-state index contributed by atoms with van der Waals surface area (Å²) in [6.07, 6.45) is -1.52. The minimum Gasteiger partial charge on any atom is -0.444 e. The average Bonchev–Trinajstić information content (AvgIpc) is 3.29. The maximum absolute atomic E-state index is 13.5. The zero-order valence-corrected chi connectivity index (χ0v) is 26.9. The van der Waals surface area contributed by atoms with Crippen LogP contribution >= 0.6 is 0 Å². The van der Waals surface area contributed by atoms with E-state index in [1.54, 1.807) is 0 Å². The highest BCUT2D eigenvalue weighted by molar-refractivity contribution is 5.68. The highest BCUT2D eigenvalue weighted by Crippen LogP contribution is 2.45. The Bertz CT molecular complexity index is 1480. The highest BCUT2D eigenvalue weighted by atomic mass is 16.6. The molecule has 46 heavy (non-hydrogen) atoms. The van der Waals surface area contributed by atoms with Gasteiger partial charge in [0.05, 0.1) is 38.6 Å². The van der Waals surface area contributed by atoms with Crippen LogP contribution in [0.4, 0.5) is 4.79 Å². The summed E-state index contributed by atoms with van der Waals surface area (Å²) in [5.41, 5.74) is 2.07. The number of rotatable bonds is 13. The monoisotopic (exact) mass is 623 g/mol. The van der Waals surface area contributed by atoms with E-state index in [9.17, 15) is 9.90 Å². The van der Waals surface area contributed by atoms with E-state index in [1.165, 1.54) is 0 Å². The smallest absolute Gasteiger partial charge is 0.407 e. The number of carbonyl (C=O) groups is 1. The molecule has 2 N–H and O–H groups in total. The van der Waals surface area contributed by atoms with E-state index in [2.05, 4.69) is 5.32 Å². The molecule has 1 amide bonds. The molecule has 5 rings (SSSR count). The van der Waals surface area contributed by atoms with Crippen LogP contribution in [-0.2, 0) is 45.2 Å². The first-order chi connectivity index (χ1) is 22.3. The van der Waals surface area contributed by atoms with Crippen molar-refractivity contribution in [2.75, 3.05) is 6.61 Å². The SMILES string of the molecule is CC(C)(C)OC(=O)N[C@H]1[C@@H](CO)[C@@H](OCc2ccccc2)[C@H](OCc2ccccc2)[C@]1(Cc1ccccc1)OCc1ccccc1. The molecule has 0 unspecified atom stereocenters. The largest absolute Gasteiger partial charge is 0.444 e. The molecular formula is C39H45NO6. The van der Waals surface area contributed by atoms with Crippen molar-refractivity contribution in [3.05, 3.63) is 144 Å². The number of aliphatic hydroxyl groups is 1. The third kappa shape index (κ3) is 8.62. The maximum Gasteiger partial charge on any atom is 0.407 e. The number of alkyl carbamates (subject to hydrolysis) is 1. The third-order valence-electron chi connectivity index (χ3n) is 8.27. The molecule has 0 spiro atoms. The zero-order valence-electron chi connectivity index (χ0n) is 26.9. The van der Waals surface area contributed by atoms with Gasteiger partial charge in [-0.25, -0.2) is 4.79 Å². The Kier molecular flexibility index (Phi) is 11.3. The number of ether oxygens (including phenoxy) is 4. The second kappa shape index (κ2) is 15.5. The molecule has 7 nitrogen and oxygen atoms in total. The number of benzene rings is 4. The summed E-state index contributed by atoms with van der Waals surface area (Å²) in [5.74, 6) is -0.573. The molecule has 7 heteroatoms. The molecule has 0 aromatic heterocycles. The Labute approximate surface area is 272 Å². The molecular weight excluding hydrogens is 578 g/mol. The van der Waals surface area contributed by atoms with Gasteiger partial charge < -0.3 is 29.4 Å². The van der Waals surface area contributed by atoms with Crippen LogP contribution in [0.15, 0.2) is 121 Å². The molecule has 4 aromatic rings. The molecule has 1 aliphatic rings.